The lowest BCUT2D eigenvalue weighted by Crippen LogP contribution is -2.03. The van der Waals surface area contributed by atoms with Crippen LogP contribution in [0.5, 0.6) is 0 Å². The van der Waals surface area contributed by atoms with Crippen LogP contribution < -0.4 is 11.1 Å². The Hall–Kier alpha value is -2.18. The largest absolute Gasteiger partial charge is 0.368 e. The number of hydrogen-bond acceptors (Lipinski definition) is 5. The molecule has 7 heteroatoms. The van der Waals surface area contributed by atoms with Crippen molar-refractivity contribution in [3.63, 3.8) is 0 Å². The van der Waals surface area contributed by atoms with Crippen LogP contribution in [0.4, 0.5) is 11.9 Å². The SMILES string of the molecule is Nc1nc(NCc2c(Cl)cccc2Sc2ccccc2)n[nH]1. The van der Waals surface area contributed by atoms with Gasteiger partial charge in [-0.1, -0.05) is 47.6 Å². The number of anilines is 2. The highest BCUT2D eigenvalue weighted by molar-refractivity contribution is 7.99. The van der Waals surface area contributed by atoms with Crippen molar-refractivity contribution in [2.24, 2.45) is 0 Å². The average molecular weight is 332 g/mol. The van der Waals surface area contributed by atoms with Crippen LogP contribution in [0.2, 0.25) is 5.02 Å². The Bertz CT molecular complexity index is 760. The van der Waals surface area contributed by atoms with Crippen LogP contribution in [0, 0.1) is 0 Å². The van der Waals surface area contributed by atoms with Crippen LogP contribution >= 0.6 is 23.4 Å². The first-order chi connectivity index (χ1) is 10.7. The second-order valence-corrected chi connectivity index (χ2v) is 6.05. The van der Waals surface area contributed by atoms with Gasteiger partial charge in [0.2, 0.25) is 11.9 Å². The normalized spacial score (nSPS) is 10.6. The van der Waals surface area contributed by atoms with Gasteiger partial charge in [0.15, 0.2) is 0 Å². The van der Waals surface area contributed by atoms with Gasteiger partial charge in [0.1, 0.15) is 0 Å². The van der Waals surface area contributed by atoms with E-state index in [2.05, 4.69) is 32.6 Å². The van der Waals surface area contributed by atoms with Crippen molar-refractivity contribution in [2.45, 2.75) is 16.3 Å². The third-order valence-electron chi connectivity index (χ3n) is 2.97. The van der Waals surface area contributed by atoms with E-state index in [0.29, 0.717) is 17.5 Å². The fraction of sp³-hybridized carbons (Fsp3) is 0.0667. The average Bonchev–Trinajstić information content (AvgIpc) is 2.93. The number of halogens is 1. The van der Waals surface area contributed by atoms with Crippen molar-refractivity contribution >= 4 is 35.3 Å². The summed E-state index contributed by atoms with van der Waals surface area (Å²) in [5.41, 5.74) is 6.51. The van der Waals surface area contributed by atoms with Crippen molar-refractivity contribution in [1.82, 2.24) is 15.2 Å². The molecule has 0 aliphatic heterocycles. The molecule has 0 aliphatic carbocycles. The molecule has 0 radical (unpaired) electrons. The molecule has 4 N–H and O–H groups in total. The van der Waals surface area contributed by atoms with E-state index in [4.69, 9.17) is 17.3 Å². The number of benzene rings is 2. The Morgan fingerprint density at radius 3 is 2.68 bits per heavy atom. The van der Waals surface area contributed by atoms with Gasteiger partial charge >= 0.3 is 0 Å². The summed E-state index contributed by atoms with van der Waals surface area (Å²) in [6.45, 7) is 0.520. The highest BCUT2D eigenvalue weighted by Gasteiger charge is 2.09. The fourth-order valence-corrected chi connectivity index (χ4v) is 3.24. The molecule has 3 aromatic rings. The molecule has 112 valence electrons. The van der Waals surface area contributed by atoms with Crippen LogP contribution in [0.15, 0.2) is 58.3 Å². The van der Waals surface area contributed by atoms with Crippen LogP contribution in [0.3, 0.4) is 0 Å². The number of rotatable bonds is 5. The number of nitrogen functional groups attached to an aromatic ring is 1. The maximum Gasteiger partial charge on any atom is 0.243 e. The zero-order chi connectivity index (χ0) is 15.4. The van der Waals surface area contributed by atoms with Crippen molar-refractivity contribution in [2.75, 3.05) is 11.1 Å². The molecule has 0 aliphatic rings. The minimum atomic E-state index is 0.278. The molecule has 3 rings (SSSR count). The zero-order valence-corrected chi connectivity index (χ0v) is 13.2. The van der Waals surface area contributed by atoms with Gasteiger partial charge in [0, 0.05) is 26.9 Å². The number of aromatic nitrogens is 3. The molecule has 0 atom stereocenters. The van der Waals surface area contributed by atoms with Crippen LogP contribution in [0.1, 0.15) is 5.56 Å². The molecule has 0 bridgehead atoms. The van der Waals surface area contributed by atoms with E-state index < -0.39 is 0 Å². The molecule has 1 aromatic heterocycles. The van der Waals surface area contributed by atoms with Gasteiger partial charge in [-0.25, -0.2) is 5.10 Å². The summed E-state index contributed by atoms with van der Waals surface area (Å²) >= 11 is 8.01. The Morgan fingerprint density at radius 2 is 1.95 bits per heavy atom. The second-order valence-electron chi connectivity index (χ2n) is 4.53. The Morgan fingerprint density at radius 1 is 1.14 bits per heavy atom. The molecule has 1 heterocycles. The van der Waals surface area contributed by atoms with Crippen molar-refractivity contribution in [1.29, 1.82) is 0 Å². The number of H-pyrrole nitrogens is 1. The first-order valence-corrected chi connectivity index (χ1v) is 7.84. The minimum absolute atomic E-state index is 0.278. The molecular weight excluding hydrogens is 318 g/mol. The van der Waals surface area contributed by atoms with Gasteiger partial charge < -0.3 is 11.1 Å². The third kappa shape index (κ3) is 3.52. The zero-order valence-electron chi connectivity index (χ0n) is 11.6. The number of aromatic amines is 1. The first kappa shape index (κ1) is 14.7. The van der Waals surface area contributed by atoms with Crippen LogP contribution in [-0.2, 0) is 6.54 Å². The highest BCUT2D eigenvalue weighted by atomic mass is 35.5. The molecule has 0 saturated heterocycles. The smallest absolute Gasteiger partial charge is 0.243 e. The van der Waals surface area contributed by atoms with E-state index in [0.717, 1.165) is 15.4 Å². The number of nitrogens with zero attached hydrogens (tertiary/aromatic N) is 2. The molecule has 5 nitrogen and oxygen atoms in total. The van der Waals surface area contributed by atoms with E-state index in [9.17, 15) is 0 Å². The number of hydrogen-bond donors (Lipinski definition) is 3. The lowest BCUT2D eigenvalue weighted by Gasteiger charge is -2.11. The van der Waals surface area contributed by atoms with E-state index in [1.807, 2.05) is 36.4 Å². The summed E-state index contributed by atoms with van der Waals surface area (Å²) in [7, 11) is 0. The van der Waals surface area contributed by atoms with Crippen molar-refractivity contribution < 1.29 is 0 Å². The fourth-order valence-electron chi connectivity index (χ4n) is 1.94. The van der Waals surface area contributed by atoms with E-state index in [1.165, 1.54) is 0 Å². The number of nitrogens with one attached hydrogen (secondary N) is 2. The summed E-state index contributed by atoms with van der Waals surface area (Å²) in [5.74, 6) is 0.730. The predicted octanol–water partition coefficient (Wildman–Crippen LogP) is 3.80. The Labute approximate surface area is 137 Å². The van der Waals surface area contributed by atoms with Gasteiger partial charge in [-0.2, -0.15) is 4.98 Å². The summed E-state index contributed by atoms with van der Waals surface area (Å²) in [6, 6.07) is 16.0. The summed E-state index contributed by atoms with van der Waals surface area (Å²) < 4.78 is 0. The summed E-state index contributed by atoms with van der Waals surface area (Å²) in [5, 5.41) is 10.4. The van der Waals surface area contributed by atoms with Crippen LogP contribution in [-0.4, -0.2) is 15.2 Å². The molecule has 0 amide bonds. The molecule has 2 aromatic carbocycles. The third-order valence-corrected chi connectivity index (χ3v) is 4.44. The highest BCUT2D eigenvalue weighted by Crippen LogP contribution is 2.34. The lowest BCUT2D eigenvalue weighted by molar-refractivity contribution is 1.03. The predicted molar refractivity (Wildman–Crippen MR) is 90.1 cm³/mol. The monoisotopic (exact) mass is 331 g/mol. The minimum Gasteiger partial charge on any atom is -0.368 e. The van der Waals surface area contributed by atoms with Crippen LogP contribution in [0.25, 0.3) is 0 Å². The first-order valence-electron chi connectivity index (χ1n) is 6.64. The number of nitrogens with two attached hydrogens (primary N) is 1. The molecular formula is C15H14ClN5S. The van der Waals surface area contributed by atoms with Gasteiger partial charge in [-0.15, -0.1) is 5.10 Å². The molecule has 0 unspecified atom stereocenters. The topological polar surface area (TPSA) is 79.6 Å². The van der Waals surface area contributed by atoms with E-state index in [1.54, 1.807) is 11.8 Å². The Kier molecular flexibility index (Phi) is 4.50. The van der Waals surface area contributed by atoms with E-state index >= 15 is 0 Å². The second kappa shape index (κ2) is 6.72. The van der Waals surface area contributed by atoms with Gasteiger partial charge in [0.25, 0.3) is 0 Å². The molecule has 0 spiro atoms. The maximum atomic E-state index is 6.34. The standard InChI is InChI=1S/C15H14ClN5S/c16-12-7-4-8-13(22-10-5-2-1-3-6-10)11(12)9-18-15-19-14(17)20-21-15/h1-8H,9H2,(H4,17,18,19,20,21). The summed E-state index contributed by atoms with van der Waals surface area (Å²) in [6.07, 6.45) is 0. The van der Waals surface area contributed by atoms with Gasteiger partial charge in [-0.05, 0) is 24.3 Å². The van der Waals surface area contributed by atoms with Crippen molar-refractivity contribution in [3.8, 4) is 0 Å². The molecule has 22 heavy (non-hydrogen) atoms. The van der Waals surface area contributed by atoms with Gasteiger partial charge in [0.05, 0.1) is 0 Å². The molecule has 0 saturated carbocycles. The quantitative estimate of drug-likeness (QED) is 0.662. The van der Waals surface area contributed by atoms with Gasteiger partial charge in [-0.3, -0.25) is 0 Å². The lowest BCUT2D eigenvalue weighted by atomic mass is 10.2. The Balaban J connectivity index is 1.80. The molecule has 0 fully saturated rings. The van der Waals surface area contributed by atoms with Crippen molar-refractivity contribution in [3.05, 3.63) is 59.1 Å². The summed E-state index contributed by atoms with van der Waals surface area (Å²) in [4.78, 5) is 6.27. The maximum absolute atomic E-state index is 6.34. The van der Waals surface area contributed by atoms with E-state index in [-0.39, 0.29) is 5.95 Å².